The molecule has 0 saturated carbocycles. The summed E-state index contributed by atoms with van der Waals surface area (Å²) >= 11 is 5.00. The molecule has 0 bridgehead atoms. The molecule has 118 valence electrons. The topological polar surface area (TPSA) is 53.3 Å². The van der Waals surface area contributed by atoms with Crippen LogP contribution in [0.2, 0.25) is 0 Å². The summed E-state index contributed by atoms with van der Waals surface area (Å²) in [6.07, 6.45) is 1.68. The highest BCUT2D eigenvalue weighted by molar-refractivity contribution is 9.11. The fraction of sp³-hybridized carbons (Fsp3) is 0.176. The van der Waals surface area contributed by atoms with Crippen LogP contribution in [0.1, 0.15) is 10.4 Å². The molecule has 0 aliphatic heterocycles. The summed E-state index contributed by atoms with van der Waals surface area (Å²) in [7, 11) is 0. The van der Waals surface area contributed by atoms with Crippen LogP contribution >= 0.6 is 27.3 Å². The maximum absolute atomic E-state index is 12.4. The third kappa shape index (κ3) is 4.95. The molecule has 2 rings (SSSR count). The third-order valence-corrected chi connectivity index (χ3v) is 4.64. The zero-order valence-corrected chi connectivity index (χ0v) is 14.8. The molecule has 0 atom stereocenters. The number of hydrogen-bond donors (Lipinski definition) is 0. The summed E-state index contributed by atoms with van der Waals surface area (Å²) in [6, 6.07) is 12.8. The van der Waals surface area contributed by atoms with Gasteiger partial charge in [-0.25, -0.2) is 0 Å². The number of halogens is 1. The van der Waals surface area contributed by atoms with Crippen molar-refractivity contribution < 1.29 is 9.53 Å². The molecule has 0 N–H and O–H groups in total. The number of rotatable bonds is 7. The van der Waals surface area contributed by atoms with Crippen molar-refractivity contribution >= 4 is 33.2 Å². The van der Waals surface area contributed by atoms with Gasteiger partial charge in [-0.05, 0) is 40.2 Å². The predicted octanol–water partition coefficient (Wildman–Crippen LogP) is 3.98. The molecule has 0 aliphatic rings. The summed E-state index contributed by atoms with van der Waals surface area (Å²) in [5.74, 6) is 0.267. The van der Waals surface area contributed by atoms with Crippen LogP contribution in [0.3, 0.4) is 0 Å². The number of amides is 1. The van der Waals surface area contributed by atoms with E-state index >= 15 is 0 Å². The lowest BCUT2D eigenvalue weighted by Gasteiger charge is -2.20. The SMILES string of the molecule is C=CCN(Cc1ccc(Br)s1)C(=O)COc1ccccc1C#N. The molecule has 0 fully saturated rings. The van der Waals surface area contributed by atoms with Gasteiger partial charge in [0, 0.05) is 11.4 Å². The van der Waals surface area contributed by atoms with E-state index in [2.05, 4.69) is 22.5 Å². The van der Waals surface area contributed by atoms with Crippen LogP contribution in [0, 0.1) is 11.3 Å². The molecule has 1 amide bonds. The number of carbonyl (C=O) groups is 1. The highest BCUT2D eigenvalue weighted by Crippen LogP contribution is 2.23. The molecule has 4 nitrogen and oxygen atoms in total. The van der Waals surface area contributed by atoms with E-state index < -0.39 is 0 Å². The van der Waals surface area contributed by atoms with Gasteiger partial charge in [-0.15, -0.1) is 17.9 Å². The average Bonchev–Trinajstić information content (AvgIpc) is 2.97. The molecule has 0 spiro atoms. The first kappa shape index (κ1) is 17.3. The zero-order chi connectivity index (χ0) is 16.7. The molecule has 0 saturated heterocycles. The standard InChI is InChI=1S/C17H15BrN2O2S/c1-2-9-20(11-14-7-8-16(18)23-14)17(21)12-22-15-6-4-3-5-13(15)10-19/h2-8H,1,9,11-12H2. The van der Waals surface area contributed by atoms with E-state index in [1.165, 1.54) is 0 Å². The van der Waals surface area contributed by atoms with Crippen LogP contribution in [-0.2, 0) is 11.3 Å². The van der Waals surface area contributed by atoms with Crippen molar-refractivity contribution in [3.8, 4) is 11.8 Å². The van der Waals surface area contributed by atoms with Crippen LogP contribution in [0.25, 0.3) is 0 Å². The number of ether oxygens (including phenoxy) is 1. The molecular weight excluding hydrogens is 376 g/mol. The second-order valence-electron chi connectivity index (χ2n) is 4.67. The van der Waals surface area contributed by atoms with Crippen molar-refractivity contribution in [2.24, 2.45) is 0 Å². The first-order chi connectivity index (χ1) is 11.1. The molecule has 1 aromatic heterocycles. The van der Waals surface area contributed by atoms with Crippen molar-refractivity contribution in [2.45, 2.75) is 6.54 Å². The molecule has 2 aromatic rings. The van der Waals surface area contributed by atoms with Crippen molar-refractivity contribution in [1.29, 1.82) is 5.26 Å². The van der Waals surface area contributed by atoms with Gasteiger partial charge in [-0.3, -0.25) is 4.79 Å². The molecule has 6 heteroatoms. The van der Waals surface area contributed by atoms with Gasteiger partial charge in [0.1, 0.15) is 11.8 Å². The van der Waals surface area contributed by atoms with Gasteiger partial charge in [0.2, 0.25) is 0 Å². The monoisotopic (exact) mass is 390 g/mol. The fourth-order valence-electron chi connectivity index (χ4n) is 1.95. The first-order valence-corrected chi connectivity index (χ1v) is 8.49. The lowest BCUT2D eigenvalue weighted by Crippen LogP contribution is -2.34. The maximum atomic E-state index is 12.4. The van der Waals surface area contributed by atoms with Crippen molar-refractivity contribution in [2.75, 3.05) is 13.2 Å². The molecule has 1 aromatic carbocycles. The van der Waals surface area contributed by atoms with E-state index in [0.29, 0.717) is 24.4 Å². The van der Waals surface area contributed by atoms with Crippen LogP contribution in [0.15, 0.2) is 52.8 Å². The third-order valence-electron chi connectivity index (χ3n) is 3.04. The number of nitrogens with zero attached hydrogens (tertiary/aromatic N) is 2. The van der Waals surface area contributed by atoms with E-state index in [1.54, 1.807) is 46.6 Å². The Balaban J connectivity index is 2.00. The van der Waals surface area contributed by atoms with E-state index in [0.717, 1.165) is 8.66 Å². The van der Waals surface area contributed by atoms with Gasteiger partial charge in [0.05, 0.1) is 15.9 Å². The summed E-state index contributed by atoms with van der Waals surface area (Å²) < 4.78 is 6.53. The second-order valence-corrected chi connectivity index (χ2v) is 7.21. The summed E-state index contributed by atoms with van der Waals surface area (Å²) in [5, 5.41) is 9.03. The minimum atomic E-state index is -0.151. The van der Waals surface area contributed by atoms with E-state index in [1.807, 2.05) is 18.2 Å². The Kier molecular flexibility index (Phi) is 6.39. The van der Waals surface area contributed by atoms with Crippen LogP contribution < -0.4 is 4.74 Å². The lowest BCUT2D eigenvalue weighted by molar-refractivity contribution is -0.133. The van der Waals surface area contributed by atoms with Gasteiger partial charge in [0.15, 0.2) is 6.61 Å². The number of thiophene rings is 1. The number of benzene rings is 1. The minimum Gasteiger partial charge on any atom is -0.482 e. The van der Waals surface area contributed by atoms with Gasteiger partial charge in [-0.1, -0.05) is 18.2 Å². The second kappa shape index (κ2) is 8.51. The van der Waals surface area contributed by atoms with Crippen LogP contribution in [0.4, 0.5) is 0 Å². The van der Waals surface area contributed by atoms with Gasteiger partial charge >= 0.3 is 0 Å². The Morgan fingerprint density at radius 3 is 2.83 bits per heavy atom. The van der Waals surface area contributed by atoms with E-state index in [4.69, 9.17) is 10.00 Å². The van der Waals surface area contributed by atoms with Gasteiger partial charge in [0.25, 0.3) is 5.91 Å². The number of para-hydroxylation sites is 1. The number of carbonyl (C=O) groups excluding carboxylic acids is 1. The Bertz CT molecular complexity index is 736. The summed E-state index contributed by atoms with van der Waals surface area (Å²) in [6.45, 7) is 4.53. The zero-order valence-electron chi connectivity index (χ0n) is 12.4. The van der Waals surface area contributed by atoms with Crippen molar-refractivity contribution in [3.05, 3.63) is 63.3 Å². The van der Waals surface area contributed by atoms with Crippen molar-refractivity contribution in [3.63, 3.8) is 0 Å². The average molecular weight is 391 g/mol. The Labute approximate surface area is 147 Å². The normalized spacial score (nSPS) is 9.91. The molecular formula is C17H15BrN2O2S. The Morgan fingerprint density at radius 2 is 2.17 bits per heavy atom. The molecule has 0 aliphatic carbocycles. The van der Waals surface area contributed by atoms with Crippen LogP contribution in [0.5, 0.6) is 5.75 Å². The Morgan fingerprint density at radius 1 is 1.39 bits per heavy atom. The van der Waals surface area contributed by atoms with E-state index in [-0.39, 0.29) is 12.5 Å². The summed E-state index contributed by atoms with van der Waals surface area (Å²) in [4.78, 5) is 15.1. The smallest absolute Gasteiger partial charge is 0.261 e. The van der Waals surface area contributed by atoms with Crippen LogP contribution in [-0.4, -0.2) is 24.0 Å². The molecule has 1 heterocycles. The highest BCUT2D eigenvalue weighted by Gasteiger charge is 2.15. The molecule has 0 radical (unpaired) electrons. The molecule has 0 unspecified atom stereocenters. The quantitative estimate of drug-likeness (QED) is 0.671. The fourth-order valence-corrected chi connectivity index (χ4v) is 3.45. The summed E-state index contributed by atoms with van der Waals surface area (Å²) in [5.41, 5.74) is 0.415. The Hall–Kier alpha value is -2.10. The predicted molar refractivity (Wildman–Crippen MR) is 94.3 cm³/mol. The number of nitriles is 1. The largest absolute Gasteiger partial charge is 0.482 e. The van der Waals surface area contributed by atoms with Gasteiger partial charge in [-0.2, -0.15) is 5.26 Å². The first-order valence-electron chi connectivity index (χ1n) is 6.89. The highest BCUT2D eigenvalue weighted by atomic mass is 79.9. The minimum absolute atomic E-state index is 0.112. The van der Waals surface area contributed by atoms with Crippen molar-refractivity contribution in [1.82, 2.24) is 4.90 Å². The van der Waals surface area contributed by atoms with E-state index in [9.17, 15) is 4.79 Å². The van der Waals surface area contributed by atoms with Gasteiger partial charge < -0.3 is 9.64 Å². The lowest BCUT2D eigenvalue weighted by atomic mass is 10.2. The number of hydrogen-bond acceptors (Lipinski definition) is 4. The molecule has 23 heavy (non-hydrogen) atoms. The maximum Gasteiger partial charge on any atom is 0.261 e.